The smallest absolute Gasteiger partial charge is 0.119 e. The number of benzene rings is 2. The quantitative estimate of drug-likeness (QED) is 0.649. The molecule has 2 aromatic carbocycles. The van der Waals surface area contributed by atoms with Crippen LogP contribution in [0.1, 0.15) is 18.4 Å². The molecule has 0 saturated carbocycles. The summed E-state index contributed by atoms with van der Waals surface area (Å²) in [7, 11) is 0. The Hall–Kier alpha value is -2.18. The van der Waals surface area contributed by atoms with Gasteiger partial charge in [-0.3, -0.25) is 0 Å². The third-order valence-electron chi connectivity index (χ3n) is 3.15. The molecule has 0 unspecified atom stereocenters. The molecule has 0 atom stereocenters. The van der Waals surface area contributed by atoms with Crippen LogP contribution in [0.3, 0.4) is 0 Å². The van der Waals surface area contributed by atoms with Gasteiger partial charge in [0, 0.05) is 17.7 Å². The zero-order valence-electron chi connectivity index (χ0n) is 11.9. The molecule has 0 radical (unpaired) electrons. The molecule has 2 N–H and O–H groups in total. The molecular weight excluding hydrogens is 284 g/mol. The van der Waals surface area contributed by atoms with E-state index in [2.05, 4.69) is 6.07 Å². The Bertz CT molecular complexity index is 636. The highest BCUT2D eigenvalue weighted by atomic mass is 35.5. The summed E-state index contributed by atoms with van der Waals surface area (Å²) < 4.78 is 5.57. The number of nitrogens with zero attached hydrogens (tertiary/aromatic N) is 1. The molecule has 21 heavy (non-hydrogen) atoms. The van der Waals surface area contributed by atoms with Gasteiger partial charge < -0.3 is 10.5 Å². The fourth-order valence-corrected chi connectivity index (χ4v) is 2.58. The molecular formula is C17H17ClN2O. The minimum atomic E-state index is 0.512. The predicted molar refractivity (Wildman–Crippen MR) is 86.4 cm³/mol. The zero-order chi connectivity index (χ0) is 15.2. The monoisotopic (exact) mass is 300 g/mol. The maximum absolute atomic E-state index is 8.47. The van der Waals surface area contributed by atoms with Crippen molar-refractivity contribution in [3.05, 3.63) is 47.0 Å². The molecule has 0 aliphatic carbocycles. The molecule has 0 aromatic heterocycles. The van der Waals surface area contributed by atoms with Crippen LogP contribution >= 0.6 is 11.6 Å². The number of nitrogens with two attached hydrogens (primary N) is 1. The first-order chi connectivity index (χ1) is 10.1. The number of anilines is 1. The summed E-state index contributed by atoms with van der Waals surface area (Å²) >= 11 is 6.29. The molecule has 0 heterocycles. The Balaban J connectivity index is 2.14. The molecule has 0 amide bonds. The van der Waals surface area contributed by atoms with Crippen molar-refractivity contribution in [3.8, 4) is 22.9 Å². The van der Waals surface area contributed by atoms with Crippen LogP contribution in [0.25, 0.3) is 11.1 Å². The van der Waals surface area contributed by atoms with E-state index >= 15 is 0 Å². The second kappa shape index (κ2) is 7.01. The minimum Gasteiger partial charge on any atom is -0.494 e. The SMILES string of the molecule is Cc1cc(N)cc(Cl)c1-c1ccc(OCCCC#N)cc1. The zero-order valence-corrected chi connectivity index (χ0v) is 12.7. The van der Waals surface area contributed by atoms with E-state index in [4.69, 9.17) is 27.3 Å². The van der Waals surface area contributed by atoms with Gasteiger partial charge in [0.05, 0.1) is 17.7 Å². The summed E-state index contributed by atoms with van der Waals surface area (Å²) in [4.78, 5) is 0. The van der Waals surface area contributed by atoms with Crippen LogP contribution in [0, 0.1) is 18.3 Å². The van der Waals surface area contributed by atoms with Crippen LogP contribution in [0.4, 0.5) is 5.69 Å². The Kier molecular flexibility index (Phi) is 5.08. The number of hydrogen-bond acceptors (Lipinski definition) is 3. The molecule has 0 aliphatic heterocycles. The standard InChI is InChI=1S/C17H17ClN2O/c1-12-10-14(20)11-16(18)17(12)13-4-6-15(7-5-13)21-9-3-2-8-19/h4-7,10-11H,2-3,9,20H2,1H3. The fourth-order valence-electron chi connectivity index (χ4n) is 2.20. The maximum atomic E-state index is 8.47. The van der Waals surface area contributed by atoms with Crippen LogP contribution in [-0.2, 0) is 0 Å². The van der Waals surface area contributed by atoms with E-state index in [0.717, 1.165) is 28.9 Å². The second-order valence-electron chi connectivity index (χ2n) is 4.83. The van der Waals surface area contributed by atoms with E-state index in [1.165, 1.54) is 0 Å². The predicted octanol–water partition coefficient (Wildman–Crippen LogP) is 4.58. The van der Waals surface area contributed by atoms with E-state index in [9.17, 15) is 0 Å². The average molecular weight is 301 g/mol. The van der Waals surface area contributed by atoms with E-state index in [-0.39, 0.29) is 0 Å². The Morgan fingerprint density at radius 3 is 2.57 bits per heavy atom. The number of halogens is 1. The third-order valence-corrected chi connectivity index (χ3v) is 3.45. The van der Waals surface area contributed by atoms with Gasteiger partial charge >= 0.3 is 0 Å². The molecule has 4 heteroatoms. The summed E-state index contributed by atoms with van der Waals surface area (Å²) in [6, 6.07) is 13.5. The summed E-state index contributed by atoms with van der Waals surface area (Å²) in [5, 5.41) is 9.12. The highest BCUT2D eigenvalue weighted by Gasteiger charge is 2.08. The maximum Gasteiger partial charge on any atom is 0.119 e. The minimum absolute atomic E-state index is 0.512. The molecule has 0 spiro atoms. The number of unbranched alkanes of at least 4 members (excludes halogenated alkanes) is 1. The van der Waals surface area contributed by atoms with Crippen LogP contribution in [0.15, 0.2) is 36.4 Å². The van der Waals surface area contributed by atoms with Gasteiger partial charge in [0.25, 0.3) is 0 Å². The number of nitrogen functional groups attached to an aromatic ring is 1. The van der Waals surface area contributed by atoms with Crippen molar-refractivity contribution in [1.82, 2.24) is 0 Å². The Morgan fingerprint density at radius 2 is 1.95 bits per heavy atom. The molecule has 2 aromatic rings. The molecule has 0 aliphatic rings. The molecule has 2 rings (SSSR count). The topological polar surface area (TPSA) is 59.0 Å². The molecule has 0 saturated heterocycles. The van der Waals surface area contributed by atoms with Crippen molar-refractivity contribution < 1.29 is 4.74 Å². The first-order valence-corrected chi connectivity index (χ1v) is 7.15. The summed E-state index contributed by atoms with van der Waals surface area (Å²) in [6.07, 6.45) is 1.25. The molecule has 0 bridgehead atoms. The van der Waals surface area contributed by atoms with E-state index in [1.54, 1.807) is 6.07 Å². The van der Waals surface area contributed by atoms with Crippen LogP contribution in [-0.4, -0.2) is 6.61 Å². The molecule has 108 valence electrons. The van der Waals surface area contributed by atoms with Gasteiger partial charge in [-0.25, -0.2) is 0 Å². The first-order valence-electron chi connectivity index (χ1n) is 6.77. The normalized spacial score (nSPS) is 10.1. The third kappa shape index (κ3) is 3.90. The van der Waals surface area contributed by atoms with Crippen molar-refractivity contribution in [3.63, 3.8) is 0 Å². The Labute approximate surface area is 129 Å². The van der Waals surface area contributed by atoms with Gasteiger partial charge in [-0.15, -0.1) is 0 Å². The molecule has 0 fully saturated rings. The van der Waals surface area contributed by atoms with Crippen LogP contribution in [0.2, 0.25) is 5.02 Å². The summed E-state index contributed by atoms with van der Waals surface area (Å²) in [5.41, 5.74) is 9.51. The lowest BCUT2D eigenvalue weighted by atomic mass is 10.00. The van der Waals surface area contributed by atoms with E-state index in [0.29, 0.717) is 23.7 Å². The highest BCUT2D eigenvalue weighted by molar-refractivity contribution is 6.33. The fraction of sp³-hybridized carbons (Fsp3) is 0.235. The van der Waals surface area contributed by atoms with Crippen molar-refractivity contribution in [2.75, 3.05) is 12.3 Å². The van der Waals surface area contributed by atoms with Gasteiger partial charge in [0.2, 0.25) is 0 Å². The van der Waals surface area contributed by atoms with Crippen molar-refractivity contribution in [2.45, 2.75) is 19.8 Å². The van der Waals surface area contributed by atoms with Crippen molar-refractivity contribution in [1.29, 1.82) is 5.26 Å². The summed E-state index contributed by atoms with van der Waals surface area (Å²) in [5.74, 6) is 0.793. The van der Waals surface area contributed by atoms with Crippen molar-refractivity contribution in [2.24, 2.45) is 0 Å². The average Bonchev–Trinajstić information content (AvgIpc) is 2.44. The van der Waals surface area contributed by atoms with Gasteiger partial charge in [-0.2, -0.15) is 5.26 Å². The number of hydrogen-bond donors (Lipinski definition) is 1. The van der Waals surface area contributed by atoms with E-state index in [1.807, 2.05) is 37.3 Å². The molecule has 3 nitrogen and oxygen atoms in total. The lowest BCUT2D eigenvalue weighted by Crippen LogP contribution is -1.96. The van der Waals surface area contributed by atoms with E-state index < -0.39 is 0 Å². The first kappa shape index (κ1) is 15.2. The highest BCUT2D eigenvalue weighted by Crippen LogP contribution is 2.33. The summed E-state index contributed by atoms with van der Waals surface area (Å²) in [6.45, 7) is 2.54. The largest absolute Gasteiger partial charge is 0.494 e. The second-order valence-corrected chi connectivity index (χ2v) is 5.24. The lowest BCUT2D eigenvalue weighted by molar-refractivity contribution is 0.313. The number of rotatable bonds is 5. The van der Waals surface area contributed by atoms with Gasteiger partial charge in [-0.1, -0.05) is 23.7 Å². The van der Waals surface area contributed by atoms with Gasteiger partial charge in [0.15, 0.2) is 0 Å². The lowest BCUT2D eigenvalue weighted by Gasteiger charge is -2.11. The van der Waals surface area contributed by atoms with Crippen LogP contribution < -0.4 is 10.5 Å². The van der Waals surface area contributed by atoms with Crippen molar-refractivity contribution >= 4 is 17.3 Å². The number of nitriles is 1. The number of aryl methyl sites for hydroxylation is 1. The number of ether oxygens (including phenoxy) is 1. The van der Waals surface area contributed by atoms with Gasteiger partial charge in [0.1, 0.15) is 5.75 Å². The Morgan fingerprint density at radius 1 is 1.24 bits per heavy atom. The van der Waals surface area contributed by atoms with Crippen LogP contribution in [0.5, 0.6) is 5.75 Å². The van der Waals surface area contributed by atoms with Gasteiger partial charge in [-0.05, 0) is 48.7 Å².